The van der Waals surface area contributed by atoms with Gasteiger partial charge in [0.15, 0.2) is 0 Å². The van der Waals surface area contributed by atoms with Gasteiger partial charge in [-0.15, -0.1) is 0 Å². The largest absolute Gasteiger partial charge is 0.427 e. The average Bonchev–Trinajstić information content (AvgIpc) is 2.88. The highest BCUT2D eigenvalue weighted by molar-refractivity contribution is 5.70. The number of hydrogen-bond donors (Lipinski definition) is 0. The van der Waals surface area contributed by atoms with Crippen molar-refractivity contribution in [1.29, 1.82) is 0 Å². The first-order valence-electron chi connectivity index (χ1n) is 6.93. The topological polar surface area (TPSA) is 52.3 Å². The summed E-state index contributed by atoms with van der Waals surface area (Å²) in [5.74, 6) is 1.13. The number of benzene rings is 1. The van der Waals surface area contributed by atoms with Gasteiger partial charge in [-0.05, 0) is 30.7 Å². The molecule has 0 amide bonds. The number of hydrogen-bond acceptors (Lipinski definition) is 4. The fourth-order valence-electron chi connectivity index (χ4n) is 1.98. The van der Waals surface area contributed by atoms with E-state index in [0.717, 1.165) is 29.9 Å². The van der Waals surface area contributed by atoms with E-state index in [1.807, 2.05) is 18.2 Å². The summed E-state index contributed by atoms with van der Waals surface area (Å²) in [5.41, 5.74) is 1.76. The molecule has 1 aromatic heterocycles. The summed E-state index contributed by atoms with van der Waals surface area (Å²) in [6.45, 7) is 3.56. The highest BCUT2D eigenvalue weighted by Crippen LogP contribution is 2.23. The maximum absolute atomic E-state index is 10.8. The highest BCUT2D eigenvalue weighted by atomic mass is 16.5. The Hall–Kier alpha value is -2.10. The molecule has 2 rings (SSSR count). The smallest absolute Gasteiger partial charge is 0.308 e. The van der Waals surface area contributed by atoms with E-state index in [4.69, 9.17) is 9.26 Å². The molecule has 106 valence electrons. The molecular weight excluding hydrogens is 254 g/mol. The zero-order valence-corrected chi connectivity index (χ0v) is 11.9. The average molecular weight is 273 g/mol. The van der Waals surface area contributed by atoms with Gasteiger partial charge in [0.25, 0.3) is 0 Å². The summed E-state index contributed by atoms with van der Waals surface area (Å²) < 4.78 is 10.3. The number of nitrogens with zero attached hydrogens (tertiary/aromatic N) is 1. The molecule has 4 nitrogen and oxygen atoms in total. The van der Waals surface area contributed by atoms with Gasteiger partial charge in [0.05, 0.1) is 0 Å². The van der Waals surface area contributed by atoms with Gasteiger partial charge in [-0.25, -0.2) is 0 Å². The van der Waals surface area contributed by atoms with Crippen molar-refractivity contribution in [1.82, 2.24) is 5.16 Å². The summed E-state index contributed by atoms with van der Waals surface area (Å²) in [4.78, 5) is 10.8. The lowest BCUT2D eigenvalue weighted by molar-refractivity contribution is -0.131. The lowest BCUT2D eigenvalue weighted by Crippen LogP contribution is -2.00. The Morgan fingerprint density at radius 3 is 2.65 bits per heavy atom. The Bertz CT molecular complexity index is 557. The van der Waals surface area contributed by atoms with Crippen LogP contribution in [0.1, 0.15) is 38.9 Å². The zero-order chi connectivity index (χ0) is 14.4. The summed E-state index contributed by atoms with van der Waals surface area (Å²) >= 11 is 0. The molecule has 0 aliphatic carbocycles. The van der Waals surface area contributed by atoms with Crippen molar-refractivity contribution in [3.8, 4) is 17.0 Å². The lowest BCUT2D eigenvalue weighted by atomic mass is 10.1. The predicted molar refractivity (Wildman–Crippen MR) is 76.5 cm³/mol. The second kappa shape index (κ2) is 6.89. The van der Waals surface area contributed by atoms with Crippen molar-refractivity contribution in [2.24, 2.45) is 0 Å². The van der Waals surface area contributed by atoms with Gasteiger partial charge in [-0.3, -0.25) is 4.79 Å². The monoisotopic (exact) mass is 273 g/mol. The van der Waals surface area contributed by atoms with Gasteiger partial charge >= 0.3 is 5.97 Å². The number of carbonyl (C=O) groups excluding carboxylic acids is 1. The molecule has 2 aromatic rings. The van der Waals surface area contributed by atoms with Gasteiger partial charge in [0.2, 0.25) is 0 Å². The van der Waals surface area contributed by atoms with Crippen LogP contribution in [0.2, 0.25) is 0 Å². The summed E-state index contributed by atoms with van der Waals surface area (Å²) in [7, 11) is 0. The van der Waals surface area contributed by atoms with Crippen LogP contribution in [-0.4, -0.2) is 11.1 Å². The molecular formula is C16H19NO3. The molecule has 0 aliphatic heterocycles. The van der Waals surface area contributed by atoms with E-state index in [1.165, 1.54) is 19.8 Å². The quantitative estimate of drug-likeness (QED) is 0.453. The third kappa shape index (κ3) is 3.95. The minimum Gasteiger partial charge on any atom is -0.427 e. The molecule has 0 fully saturated rings. The molecule has 0 aliphatic rings. The number of unbranched alkanes of at least 4 members (excludes halogenated alkanes) is 2. The van der Waals surface area contributed by atoms with Crippen molar-refractivity contribution in [2.45, 2.75) is 39.5 Å². The first-order chi connectivity index (χ1) is 9.69. The summed E-state index contributed by atoms with van der Waals surface area (Å²) in [6, 6.07) is 9.21. The van der Waals surface area contributed by atoms with Crippen molar-refractivity contribution < 1.29 is 14.1 Å². The Kier molecular flexibility index (Phi) is 4.93. The molecule has 0 saturated heterocycles. The summed E-state index contributed by atoms with van der Waals surface area (Å²) in [5, 5.41) is 4.07. The van der Waals surface area contributed by atoms with Gasteiger partial charge < -0.3 is 9.26 Å². The fourth-order valence-corrected chi connectivity index (χ4v) is 1.98. The van der Waals surface area contributed by atoms with E-state index < -0.39 is 0 Å². The molecule has 1 aromatic carbocycles. The maximum Gasteiger partial charge on any atom is 0.308 e. The highest BCUT2D eigenvalue weighted by Gasteiger charge is 2.07. The zero-order valence-electron chi connectivity index (χ0n) is 11.9. The number of aryl methyl sites for hydroxylation is 1. The third-order valence-corrected chi connectivity index (χ3v) is 3.00. The SMILES string of the molecule is CCCCCc1cc(-c2ccc(OC(C)=O)cc2)no1. The van der Waals surface area contributed by atoms with Crippen LogP contribution in [0.15, 0.2) is 34.9 Å². The molecule has 0 N–H and O–H groups in total. The number of aromatic nitrogens is 1. The van der Waals surface area contributed by atoms with E-state index in [2.05, 4.69) is 12.1 Å². The van der Waals surface area contributed by atoms with Crippen LogP contribution < -0.4 is 4.74 Å². The second-order valence-corrected chi connectivity index (χ2v) is 4.75. The molecule has 0 radical (unpaired) electrons. The van der Waals surface area contributed by atoms with Crippen LogP contribution in [-0.2, 0) is 11.2 Å². The fraction of sp³-hybridized carbons (Fsp3) is 0.375. The standard InChI is InChI=1S/C16H19NO3/c1-3-4-5-6-15-11-16(17-20-15)13-7-9-14(10-8-13)19-12(2)18/h7-11H,3-6H2,1-2H3. The Labute approximate surface area is 118 Å². The normalized spacial score (nSPS) is 10.5. The molecule has 1 heterocycles. The number of carbonyl (C=O) groups is 1. The van der Waals surface area contributed by atoms with Crippen LogP contribution in [0.5, 0.6) is 5.75 Å². The van der Waals surface area contributed by atoms with Crippen LogP contribution in [0.25, 0.3) is 11.3 Å². The third-order valence-electron chi connectivity index (χ3n) is 3.00. The molecule has 20 heavy (non-hydrogen) atoms. The number of ether oxygens (including phenoxy) is 1. The van der Waals surface area contributed by atoms with Gasteiger partial charge in [-0.2, -0.15) is 0 Å². The van der Waals surface area contributed by atoms with E-state index in [-0.39, 0.29) is 5.97 Å². The first kappa shape index (κ1) is 14.3. The van der Waals surface area contributed by atoms with E-state index >= 15 is 0 Å². The van der Waals surface area contributed by atoms with E-state index in [1.54, 1.807) is 12.1 Å². The summed E-state index contributed by atoms with van der Waals surface area (Å²) in [6.07, 6.45) is 4.44. The van der Waals surface area contributed by atoms with Crippen molar-refractivity contribution in [2.75, 3.05) is 0 Å². The van der Waals surface area contributed by atoms with E-state index in [9.17, 15) is 4.79 Å². The molecule has 0 unspecified atom stereocenters. The molecule has 0 bridgehead atoms. The van der Waals surface area contributed by atoms with Crippen molar-refractivity contribution in [3.63, 3.8) is 0 Å². The minimum atomic E-state index is -0.322. The molecule has 0 saturated carbocycles. The van der Waals surface area contributed by atoms with Crippen molar-refractivity contribution >= 4 is 5.97 Å². The molecule has 0 atom stereocenters. The van der Waals surface area contributed by atoms with Gasteiger partial charge in [0, 0.05) is 25.0 Å². The van der Waals surface area contributed by atoms with Crippen LogP contribution in [0, 0.1) is 0 Å². The van der Waals surface area contributed by atoms with Gasteiger partial charge in [-0.1, -0.05) is 24.9 Å². The van der Waals surface area contributed by atoms with Crippen LogP contribution in [0.4, 0.5) is 0 Å². The molecule has 0 spiro atoms. The van der Waals surface area contributed by atoms with E-state index in [0.29, 0.717) is 5.75 Å². The van der Waals surface area contributed by atoms with Crippen LogP contribution >= 0.6 is 0 Å². The lowest BCUT2D eigenvalue weighted by Gasteiger charge is -2.01. The second-order valence-electron chi connectivity index (χ2n) is 4.75. The maximum atomic E-state index is 10.8. The molecule has 4 heteroatoms. The van der Waals surface area contributed by atoms with Crippen molar-refractivity contribution in [3.05, 3.63) is 36.1 Å². The van der Waals surface area contributed by atoms with Gasteiger partial charge in [0.1, 0.15) is 17.2 Å². The number of esters is 1. The first-order valence-corrected chi connectivity index (χ1v) is 6.93. The Balaban J connectivity index is 2.02. The predicted octanol–water partition coefficient (Wildman–Crippen LogP) is 4.00. The number of rotatable bonds is 6. The Morgan fingerprint density at radius 2 is 2.00 bits per heavy atom. The Morgan fingerprint density at radius 1 is 1.25 bits per heavy atom. The minimum absolute atomic E-state index is 0.322. The van der Waals surface area contributed by atoms with Crippen LogP contribution in [0.3, 0.4) is 0 Å².